The monoisotopic (exact) mass is 422 g/mol. The third kappa shape index (κ3) is 3.60. The highest BCUT2D eigenvalue weighted by Crippen LogP contribution is 2.32. The lowest BCUT2D eigenvalue weighted by molar-refractivity contribution is 0.644. The fourth-order valence-corrected chi connectivity index (χ4v) is 4.95. The summed E-state index contributed by atoms with van der Waals surface area (Å²) in [6.45, 7) is 2.14. The maximum absolute atomic E-state index is 13.8. The molecule has 0 saturated heterocycles. The summed E-state index contributed by atoms with van der Waals surface area (Å²) in [6, 6.07) is 28.5. The van der Waals surface area contributed by atoms with Gasteiger partial charge in [0, 0.05) is 10.9 Å². The van der Waals surface area contributed by atoms with E-state index < -0.39 is 0 Å². The smallest absolute Gasteiger partial charge is 0.263 e. The van der Waals surface area contributed by atoms with E-state index in [-0.39, 0.29) is 11.6 Å². The number of aryl methyl sites for hydroxylation is 1. The van der Waals surface area contributed by atoms with Gasteiger partial charge in [-0.2, -0.15) is 0 Å². The first-order chi connectivity index (χ1) is 15.3. The van der Waals surface area contributed by atoms with E-state index in [0.29, 0.717) is 5.39 Å². The predicted molar refractivity (Wildman–Crippen MR) is 129 cm³/mol. The van der Waals surface area contributed by atoms with Crippen LogP contribution in [0.25, 0.3) is 21.3 Å². The number of nitrogens with zero attached hydrogens (tertiary/aromatic N) is 2. The van der Waals surface area contributed by atoms with Crippen molar-refractivity contribution < 1.29 is 0 Å². The fraction of sp³-hybridized carbons (Fsp3) is 0.111. The van der Waals surface area contributed by atoms with Crippen LogP contribution in [0.2, 0.25) is 0 Å². The Labute approximate surface area is 185 Å². The van der Waals surface area contributed by atoms with Gasteiger partial charge in [0.15, 0.2) is 0 Å². The molecule has 5 aromatic rings. The molecule has 0 saturated carbocycles. The van der Waals surface area contributed by atoms with E-state index in [4.69, 9.17) is 0 Å². The van der Waals surface area contributed by atoms with E-state index in [9.17, 15) is 4.79 Å². The molecule has 0 aliphatic heterocycles. The zero-order chi connectivity index (χ0) is 21.2. The van der Waals surface area contributed by atoms with Crippen molar-refractivity contribution in [1.82, 2.24) is 9.55 Å². The van der Waals surface area contributed by atoms with Gasteiger partial charge in [0.25, 0.3) is 5.56 Å². The second-order valence-electron chi connectivity index (χ2n) is 7.56. The molecular formula is C27H22N2OS. The standard InChI is InChI=1S/C27H22N2OS/c1-2-19-13-15-20(16-14-19)23-17-31-26-24(23)27(30)29(18-28-26)25(21-9-5-3-6-10-21)22-11-7-4-8-12-22/h3-18,25H,2H2,1H3. The van der Waals surface area contributed by atoms with Crippen LogP contribution < -0.4 is 5.56 Å². The van der Waals surface area contributed by atoms with E-state index in [2.05, 4.69) is 60.4 Å². The molecule has 0 aliphatic rings. The molecule has 0 spiro atoms. The Morgan fingerprint density at radius 1 is 0.871 bits per heavy atom. The lowest BCUT2D eigenvalue weighted by Crippen LogP contribution is -2.26. The summed E-state index contributed by atoms with van der Waals surface area (Å²) in [5, 5.41) is 2.73. The van der Waals surface area contributed by atoms with Gasteiger partial charge >= 0.3 is 0 Å². The summed E-state index contributed by atoms with van der Waals surface area (Å²) in [7, 11) is 0. The van der Waals surface area contributed by atoms with Crippen molar-refractivity contribution in [1.29, 1.82) is 0 Å². The summed E-state index contributed by atoms with van der Waals surface area (Å²) in [5.41, 5.74) is 5.39. The van der Waals surface area contributed by atoms with Crippen molar-refractivity contribution in [3.05, 3.63) is 124 Å². The Kier molecular flexibility index (Phi) is 5.23. The van der Waals surface area contributed by atoms with Gasteiger partial charge in [0.05, 0.1) is 17.8 Å². The molecule has 0 N–H and O–H groups in total. The van der Waals surface area contributed by atoms with Crippen LogP contribution in [0.3, 0.4) is 0 Å². The van der Waals surface area contributed by atoms with Gasteiger partial charge in [-0.15, -0.1) is 11.3 Å². The van der Waals surface area contributed by atoms with Gasteiger partial charge in [-0.05, 0) is 28.7 Å². The Bertz CT molecular complexity index is 1330. The zero-order valence-corrected chi connectivity index (χ0v) is 18.0. The minimum Gasteiger partial charge on any atom is -0.287 e. The Morgan fingerprint density at radius 2 is 1.48 bits per heavy atom. The number of fused-ring (bicyclic) bond motifs is 1. The van der Waals surface area contributed by atoms with E-state index in [1.54, 1.807) is 10.9 Å². The average molecular weight is 423 g/mol. The van der Waals surface area contributed by atoms with Crippen molar-refractivity contribution >= 4 is 21.6 Å². The van der Waals surface area contributed by atoms with Crippen LogP contribution in [-0.4, -0.2) is 9.55 Å². The Balaban J connectivity index is 1.72. The third-order valence-corrected chi connectivity index (χ3v) is 6.59. The van der Waals surface area contributed by atoms with E-state index in [1.165, 1.54) is 16.9 Å². The molecule has 5 rings (SSSR count). The molecule has 4 heteroatoms. The van der Waals surface area contributed by atoms with Crippen LogP contribution in [0, 0.1) is 0 Å². The van der Waals surface area contributed by atoms with Crippen LogP contribution in [0.1, 0.15) is 29.7 Å². The normalized spacial score (nSPS) is 11.3. The lowest BCUT2D eigenvalue weighted by atomic mass is 9.98. The second-order valence-corrected chi connectivity index (χ2v) is 8.42. The third-order valence-electron chi connectivity index (χ3n) is 5.70. The SMILES string of the molecule is CCc1ccc(-c2csc3ncn(C(c4ccccc4)c4ccccc4)c(=O)c23)cc1. The zero-order valence-electron chi connectivity index (χ0n) is 17.2. The highest BCUT2D eigenvalue weighted by molar-refractivity contribution is 7.17. The summed E-state index contributed by atoms with van der Waals surface area (Å²) >= 11 is 1.52. The molecule has 152 valence electrons. The minimum atomic E-state index is -0.234. The minimum absolute atomic E-state index is 0.0153. The lowest BCUT2D eigenvalue weighted by Gasteiger charge is -2.21. The molecule has 2 aromatic heterocycles. The molecule has 0 radical (unpaired) electrons. The molecular weight excluding hydrogens is 400 g/mol. The van der Waals surface area contributed by atoms with Crippen LogP contribution in [-0.2, 0) is 6.42 Å². The van der Waals surface area contributed by atoms with E-state index in [1.807, 2.05) is 41.8 Å². The molecule has 3 nitrogen and oxygen atoms in total. The van der Waals surface area contributed by atoms with Crippen molar-refractivity contribution in [2.45, 2.75) is 19.4 Å². The van der Waals surface area contributed by atoms with Crippen LogP contribution in [0.4, 0.5) is 0 Å². The molecule has 0 unspecified atom stereocenters. The Hall–Kier alpha value is -3.50. The molecule has 0 amide bonds. The Morgan fingerprint density at radius 3 is 2.06 bits per heavy atom. The number of thiophene rings is 1. The molecule has 0 bridgehead atoms. The van der Waals surface area contributed by atoms with E-state index >= 15 is 0 Å². The number of aromatic nitrogens is 2. The van der Waals surface area contributed by atoms with Gasteiger partial charge in [-0.1, -0.05) is 91.9 Å². The number of rotatable bonds is 5. The predicted octanol–water partition coefficient (Wildman–Crippen LogP) is 6.33. The largest absolute Gasteiger partial charge is 0.287 e. The molecule has 31 heavy (non-hydrogen) atoms. The van der Waals surface area contributed by atoms with E-state index in [0.717, 1.165) is 33.5 Å². The summed E-state index contributed by atoms with van der Waals surface area (Å²) in [5.74, 6) is 0. The van der Waals surface area contributed by atoms with Crippen molar-refractivity contribution in [2.24, 2.45) is 0 Å². The van der Waals surface area contributed by atoms with Crippen LogP contribution in [0.15, 0.2) is 101 Å². The maximum Gasteiger partial charge on any atom is 0.263 e. The molecule has 2 heterocycles. The summed E-state index contributed by atoms with van der Waals surface area (Å²) in [6.07, 6.45) is 2.69. The van der Waals surface area contributed by atoms with Crippen LogP contribution in [0.5, 0.6) is 0 Å². The molecule has 0 fully saturated rings. The average Bonchev–Trinajstić information content (AvgIpc) is 3.27. The van der Waals surface area contributed by atoms with Gasteiger partial charge < -0.3 is 0 Å². The quantitative estimate of drug-likeness (QED) is 0.332. The number of hydrogen-bond acceptors (Lipinski definition) is 3. The van der Waals surface area contributed by atoms with Crippen molar-refractivity contribution in [3.63, 3.8) is 0 Å². The van der Waals surface area contributed by atoms with Gasteiger partial charge in [0.1, 0.15) is 4.83 Å². The first-order valence-electron chi connectivity index (χ1n) is 10.4. The molecule has 0 atom stereocenters. The van der Waals surface area contributed by atoms with Crippen molar-refractivity contribution in [2.75, 3.05) is 0 Å². The van der Waals surface area contributed by atoms with Crippen LogP contribution >= 0.6 is 11.3 Å². The highest BCUT2D eigenvalue weighted by Gasteiger charge is 2.21. The fourth-order valence-electron chi connectivity index (χ4n) is 4.05. The molecule has 3 aromatic carbocycles. The summed E-state index contributed by atoms with van der Waals surface area (Å²) in [4.78, 5) is 19.3. The van der Waals surface area contributed by atoms with Gasteiger partial charge in [0.2, 0.25) is 0 Å². The highest BCUT2D eigenvalue weighted by atomic mass is 32.1. The second kappa shape index (κ2) is 8.32. The van der Waals surface area contributed by atoms with Gasteiger partial charge in [-0.3, -0.25) is 9.36 Å². The topological polar surface area (TPSA) is 34.9 Å². The first-order valence-corrected chi connectivity index (χ1v) is 11.3. The maximum atomic E-state index is 13.8. The summed E-state index contributed by atoms with van der Waals surface area (Å²) < 4.78 is 1.77. The number of benzene rings is 3. The number of hydrogen-bond donors (Lipinski definition) is 0. The van der Waals surface area contributed by atoms with Crippen molar-refractivity contribution in [3.8, 4) is 11.1 Å². The van der Waals surface area contributed by atoms with Gasteiger partial charge in [-0.25, -0.2) is 4.98 Å². The first kappa shape index (κ1) is 19.5. The molecule has 0 aliphatic carbocycles.